The standard InChI is InChI=1S/C18H18N4OS/c1-12-11-22-15(13(2)20-18(22)24-12)7-8-17(23)21-10-4-5-14-16(21)6-3-9-19-14/h3,6-9,11H,4-5,10H2,1-2H3/b8-7+. The van der Waals surface area contributed by atoms with Gasteiger partial charge in [0.25, 0.3) is 5.91 Å². The van der Waals surface area contributed by atoms with Gasteiger partial charge in [0.15, 0.2) is 4.96 Å². The maximum Gasteiger partial charge on any atom is 0.251 e. The topological polar surface area (TPSA) is 50.5 Å². The van der Waals surface area contributed by atoms with Gasteiger partial charge in [-0.1, -0.05) is 0 Å². The number of hydrogen-bond acceptors (Lipinski definition) is 4. The lowest BCUT2D eigenvalue weighted by Gasteiger charge is -2.27. The molecule has 122 valence electrons. The van der Waals surface area contributed by atoms with Gasteiger partial charge in [0.1, 0.15) is 0 Å². The summed E-state index contributed by atoms with van der Waals surface area (Å²) in [5.74, 6) is -0.00903. The minimum absolute atomic E-state index is 0.00903. The average molecular weight is 338 g/mol. The van der Waals surface area contributed by atoms with E-state index in [9.17, 15) is 4.79 Å². The summed E-state index contributed by atoms with van der Waals surface area (Å²) in [7, 11) is 0. The van der Waals surface area contributed by atoms with Crippen LogP contribution in [-0.4, -0.2) is 26.8 Å². The quantitative estimate of drug-likeness (QED) is 0.673. The number of imidazole rings is 1. The molecule has 0 N–H and O–H groups in total. The highest BCUT2D eigenvalue weighted by Gasteiger charge is 2.21. The molecule has 1 aliphatic rings. The highest BCUT2D eigenvalue weighted by molar-refractivity contribution is 7.17. The molecule has 0 saturated heterocycles. The molecular weight excluding hydrogens is 320 g/mol. The van der Waals surface area contributed by atoms with Gasteiger partial charge >= 0.3 is 0 Å². The van der Waals surface area contributed by atoms with Gasteiger partial charge in [0.2, 0.25) is 0 Å². The molecule has 0 saturated carbocycles. The van der Waals surface area contributed by atoms with Gasteiger partial charge in [-0.3, -0.25) is 14.2 Å². The molecule has 1 aliphatic heterocycles. The van der Waals surface area contributed by atoms with Crippen LogP contribution in [0.25, 0.3) is 11.0 Å². The van der Waals surface area contributed by atoms with E-state index in [1.807, 2.05) is 34.4 Å². The van der Waals surface area contributed by atoms with Crippen molar-refractivity contribution in [2.45, 2.75) is 26.7 Å². The normalized spacial score (nSPS) is 14.5. The Morgan fingerprint density at radius 2 is 2.25 bits per heavy atom. The Bertz CT molecular complexity index is 953. The maximum absolute atomic E-state index is 12.7. The third kappa shape index (κ3) is 2.53. The molecule has 4 rings (SSSR count). The van der Waals surface area contributed by atoms with Gasteiger partial charge < -0.3 is 4.90 Å². The molecule has 0 atom stereocenters. The summed E-state index contributed by atoms with van der Waals surface area (Å²) in [5, 5.41) is 0. The number of aromatic nitrogens is 3. The Labute approximate surface area is 144 Å². The number of rotatable bonds is 2. The van der Waals surface area contributed by atoms with Crippen LogP contribution in [0.4, 0.5) is 5.69 Å². The van der Waals surface area contributed by atoms with Gasteiger partial charge in [-0.2, -0.15) is 0 Å². The molecule has 5 nitrogen and oxygen atoms in total. The van der Waals surface area contributed by atoms with Gasteiger partial charge in [-0.05, 0) is 44.9 Å². The van der Waals surface area contributed by atoms with Crippen LogP contribution in [0.3, 0.4) is 0 Å². The van der Waals surface area contributed by atoms with Crippen molar-refractivity contribution in [1.82, 2.24) is 14.4 Å². The van der Waals surface area contributed by atoms with Crippen LogP contribution >= 0.6 is 11.3 Å². The molecular formula is C18H18N4OS. The molecule has 0 aromatic carbocycles. The molecule has 6 heteroatoms. The van der Waals surface area contributed by atoms with E-state index in [1.165, 1.54) is 4.88 Å². The third-order valence-corrected chi connectivity index (χ3v) is 5.16. The number of amides is 1. The van der Waals surface area contributed by atoms with Crippen LogP contribution in [-0.2, 0) is 11.2 Å². The zero-order valence-corrected chi connectivity index (χ0v) is 14.5. The van der Waals surface area contributed by atoms with E-state index >= 15 is 0 Å². The molecule has 0 aliphatic carbocycles. The molecule has 1 amide bonds. The van der Waals surface area contributed by atoms with Crippen molar-refractivity contribution < 1.29 is 4.79 Å². The number of thiazole rings is 1. The fraction of sp³-hybridized carbons (Fsp3) is 0.278. The lowest BCUT2D eigenvalue weighted by atomic mass is 10.1. The fourth-order valence-corrected chi connectivity index (χ4v) is 4.02. The van der Waals surface area contributed by atoms with Gasteiger partial charge in [-0.15, -0.1) is 11.3 Å². The summed E-state index contributed by atoms with van der Waals surface area (Å²) in [6, 6.07) is 3.85. The Kier molecular flexibility index (Phi) is 3.69. The second-order valence-corrected chi connectivity index (χ2v) is 7.19. The van der Waals surface area contributed by atoms with E-state index in [1.54, 1.807) is 23.6 Å². The van der Waals surface area contributed by atoms with Crippen molar-refractivity contribution in [1.29, 1.82) is 0 Å². The molecule has 0 unspecified atom stereocenters. The summed E-state index contributed by atoms with van der Waals surface area (Å²) < 4.78 is 2.05. The number of hydrogen-bond donors (Lipinski definition) is 0. The summed E-state index contributed by atoms with van der Waals surface area (Å²) in [5.41, 5.74) is 3.83. The molecule has 24 heavy (non-hydrogen) atoms. The average Bonchev–Trinajstić information content (AvgIpc) is 3.07. The Morgan fingerprint density at radius 1 is 1.38 bits per heavy atom. The largest absolute Gasteiger partial charge is 0.307 e. The minimum atomic E-state index is -0.00903. The molecule has 0 spiro atoms. The van der Waals surface area contributed by atoms with Crippen molar-refractivity contribution >= 4 is 34.0 Å². The van der Waals surface area contributed by atoms with Crippen molar-refractivity contribution in [2.24, 2.45) is 0 Å². The zero-order valence-electron chi connectivity index (χ0n) is 13.7. The molecule has 0 radical (unpaired) electrons. The van der Waals surface area contributed by atoms with E-state index in [-0.39, 0.29) is 5.91 Å². The van der Waals surface area contributed by atoms with Gasteiger partial charge in [-0.25, -0.2) is 4.98 Å². The second-order valence-electron chi connectivity index (χ2n) is 5.97. The number of pyridine rings is 1. The number of carbonyl (C=O) groups excluding carboxylic acids is 1. The fourth-order valence-electron chi connectivity index (χ4n) is 3.14. The van der Waals surface area contributed by atoms with Crippen LogP contribution in [0.15, 0.2) is 30.6 Å². The van der Waals surface area contributed by atoms with E-state index < -0.39 is 0 Å². The predicted octanol–water partition coefficient (Wildman–Crippen LogP) is 3.40. The Hall–Kier alpha value is -2.47. The number of carbonyl (C=O) groups is 1. The number of fused-ring (bicyclic) bond motifs is 2. The monoisotopic (exact) mass is 338 g/mol. The zero-order chi connectivity index (χ0) is 16.7. The van der Waals surface area contributed by atoms with E-state index in [2.05, 4.69) is 23.1 Å². The first-order valence-electron chi connectivity index (χ1n) is 8.02. The van der Waals surface area contributed by atoms with E-state index in [0.29, 0.717) is 0 Å². The Balaban J connectivity index is 1.64. The first-order chi connectivity index (χ1) is 11.6. The first kappa shape index (κ1) is 15.1. The molecule has 0 fully saturated rings. The van der Waals surface area contributed by atoms with Crippen LogP contribution < -0.4 is 4.90 Å². The lowest BCUT2D eigenvalue weighted by Crippen LogP contribution is -2.34. The minimum Gasteiger partial charge on any atom is -0.307 e. The van der Waals surface area contributed by atoms with E-state index in [4.69, 9.17) is 0 Å². The molecule has 3 aromatic rings. The third-order valence-electron chi connectivity index (χ3n) is 4.26. The van der Waals surface area contributed by atoms with Crippen molar-refractivity contribution in [3.05, 3.63) is 52.6 Å². The van der Waals surface area contributed by atoms with Gasteiger partial charge in [0, 0.05) is 29.9 Å². The first-order valence-corrected chi connectivity index (χ1v) is 8.83. The number of nitrogens with zero attached hydrogens (tertiary/aromatic N) is 4. The summed E-state index contributed by atoms with van der Waals surface area (Å²) in [6.45, 7) is 4.77. The van der Waals surface area contributed by atoms with Crippen molar-refractivity contribution in [3.63, 3.8) is 0 Å². The second kappa shape index (κ2) is 5.87. The van der Waals surface area contributed by atoms with Crippen molar-refractivity contribution in [2.75, 3.05) is 11.4 Å². The number of aryl methyl sites for hydroxylation is 3. The SMILES string of the molecule is Cc1cn2c(/C=C/C(=O)N3CCCc4ncccc43)c(C)nc2s1. The molecule has 3 aromatic heterocycles. The molecule has 0 bridgehead atoms. The van der Waals surface area contributed by atoms with Crippen LogP contribution in [0.5, 0.6) is 0 Å². The number of anilines is 1. The predicted molar refractivity (Wildman–Crippen MR) is 96.5 cm³/mol. The maximum atomic E-state index is 12.7. The van der Waals surface area contributed by atoms with Crippen LogP contribution in [0, 0.1) is 13.8 Å². The summed E-state index contributed by atoms with van der Waals surface area (Å²) >= 11 is 1.65. The molecule has 4 heterocycles. The highest BCUT2D eigenvalue weighted by Crippen LogP contribution is 2.26. The summed E-state index contributed by atoms with van der Waals surface area (Å²) in [6.07, 6.45) is 9.24. The lowest BCUT2D eigenvalue weighted by molar-refractivity contribution is -0.114. The Morgan fingerprint density at radius 3 is 3.12 bits per heavy atom. The van der Waals surface area contributed by atoms with Crippen molar-refractivity contribution in [3.8, 4) is 0 Å². The smallest absolute Gasteiger partial charge is 0.251 e. The summed E-state index contributed by atoms with van der Waals surface area (Å²) in [4.78, 5) is 25.6. The van der Waals surface area contributed by atoms with Gasteiger partial charge in [0.05, 0.1) is 22.8 Å². The highest BCUT2D eigenvalue weighted by atomic mass is 32.1. The van der Waals surface area contributed by atoms with Crippen LogP contribution in [0.2, 0.25) is 0 Å². The van der Waals surface area contributed by atoms with E-state index in [0.717, 1.165) is 47.1 Å². The van der Waals surface area contributed by atoms with Crippen LogP contribution in [0.1, 0.15) is 28.4 Å².